The topological polar surface area (TPSA) is 26.3 Å². The molecule has 0 spiro atoms. The molecule has 0 amide bonds. The number of benzene rings is 2. The van der Waals surface area contributed by atoms with E-state index in [-0.39, 0.29) is 5.78 Å². The summed E-state index contributed by atoms with van der Waals surface area (Å²) in [5, 5.41) is 0. The quantitative estimate of drug-likeness (QED) is 0.765. The Morgan fingerprint density at radius 3 is 2.70 bits per heavy atom. The molecular weight excluding hydrogens is 248 g/mol. The van der Waals surface area contributed by atoms with Crippen LogP contribution in [0.5, 0.6) is 5.75 Å². The molecular formula is C18H18O2. The Kier molecular flexibility index (Phi) is 3.55. The summed E-state index contributed by atoms with van der Waals surface area (Å²) < 4.78 is 5.54. The average Bonchev–Trinajstić information content (AvgIpc) is 2.45. The van der Waals surface area contributed by atoms with E-state index in [0.717, 1.165) is 6.42 Å². The van der Waals surface area contributed by atoms with Gasteiger partial charge in [0.1, 0.15) is 5.75 Å². The summed E-state index contributed by atoms with van der Waals surface area (Å²) in [6.45, 7) is 2.51. The van der Waals surface area contributed by atoms with Gasteiger partial charge in [0.2, 0.25) is 0 Å². The molecule has 0 aromatic heterocycles. The van der Waals surface area contributed by atoms with Crippen molar-refractivity contribution in [3.63, 3.8) is 0 Å². The molecule has 0 aliphatic heterocycles. The Hall–Kier alpha value is -2.09. The van der Waals surface area contributed by atoms with Gasteiger partial charge in [0, 0.05) is 6.42 Å². The highest BCUT2D eigenvalue weighted by Crippen LogP contribution is 2.38. The lowest BCUT2D eigenvalue weighted by Crippen LogP contribution is -2.20. The molecule has 2 aromatic carbocycles. The summed E-state index contributed by atoms with van der Waals surface area (Å²) in [6, 6.07) is 15.9. The highest BCUT2D eigenvalue weighted by atomic mass is 16.5. The van der Waals surface area contributed by atoms with Gasteiger partial charge >= 0.3 is 0 Å². The molecule has 0 radical (unpaired) electrons. The molecule has 20 heavy (non-hydrogen) atoms. The number of carbonyl (C=O) groups is 1. The summed E-state index contributed by atoms with van der Waals surface area (Å²) in [5.41, 5.74) is 3.41. The molecule has 0 saturated heterocycles. The maximum atomic E-state index is 12.5. The molecule has 1 aliphatic carbocycles. The van der Waals surface area contributed by atoms with Crippen LogP contribution in [-0.4, -0.2) is 12.4 Å². The fraction of sp³-hybridized carbons (Fsp3) is 0.278. The zero-order valence-corrected chi connectivity index (χ0v) is 11.6. The maximum absolute atomic E-state index is 12.5. The van der Waals surface area contributed by atoms with Crippen LogP contribution in [0.1, 0.15) is 40.7 Å². The molecule has 1 atom stereocenters. The molecule has 3 rings (SSSR count). The van der Waals surface area contributed by atoms with Crippen LogP contribution in [0.25, 0.3) is 0 Å². The summed E-state index contributed by atoms with van der Waals surface area (Å²) in [4.78, 5) is 12.5. The predicted octanol–water partition coefficient (Wildman–Crippen LogP) is 4.00. The zero-order chi connectivity index (χ0) is 13.9. The van der Waals surface area contributed by atoms with Crippen LogP contribution in [-0.2, 0) is 6.42 Å². The second-order valence-electron chi connectivity index (χ2n) is 5.16. The molecule has 2 heteroatoms. The van der Waals surface area contributed by atoms with Crippen molar-refractivity contribution in [3.8, 4) is 5.75 Å². The number of carbonyl (C=O) groups excluding carboxylic acids is 1. The number of hydrogen-bond acceptors (Lipinski definition) is 2. The van der Waals surface area contributed by atoms with Crippen LogP contribution >= 0.6 is 0 Å². The first-order chi connectivity index (χ1) is 9.79. The largest absolute Gasteiger partial charge is 0.493 e. The Labute approximate surface area is 119 Å². The van der Waals surface area contributed by atoms with Crippen molar-refractivity contribution in [2.75, 3.05) is 6.61 Å². The zero-order valence-electron chi connectivity index (χ0n) is 11.6. The summed E-state index contributed by atoms with van der Waals surface area (Å²) >= 11 is 0. The second kappa shape index (κ2) is 5.49. The van der Waals surface area contributed by atoms with Gasteiger partial charge in [-0.25, -0.2) is 0 Å². The lowest BCUT2D eigenvalue weighted by Gasteiger charge is -2.29. The maximum Gasteiger partial charge on any atom is 0.167 e. The molecule has 1 unspecified atom stereocenters. The fourth-order valence-electron chi connectivity index (χ4n) is 2.86. The van der Waals surface area contributed by atoms with Crippen molar-refractivity contribution in [1.82, 2.24) is 0 Å². The Balaban J connectivity index is 1.75. The molecule has 0 heterocycles. The Morgan fingerprint density at radius 2 is 1.90 bits per heavy atom. The Morgan fingerprint density at radius 1 is 1.15 bits per heavy atom. The molecule has 0 fully saturated rings. The second-order valence-corrected chi connectivity index (χ2v) is 5.16. The SMILES string of the molecule is CCOc1ccccc1C(=O)CC1Cc2ccccc21. The molecule has 102 valence electrons. The molecule has 0 bridgehead atoms. The van der Waals surface area contributed by atoms with Crippen LogP contribution in [0, 0.1) is 0 Å². The lowest BCUT2D eigenvalue weighted by molar-refractivity contribution is 0.0967. The van der Waals surface area contributed by atoms with Gasteiger partial charge in [0.05, 0.1) is 12.2 Å². The van der Waals surface area contributed by atoms with Gasteiger partial charge in [-0.05, 0) is 42.5 Å². The number of Topliss-reactive ketones (excluding diaryl/α,β-unsaturated/α-hetero) is 1. The minimum Gasteiger partial charge on any atom is -0.493 e. The number of ketones is 1. The van der Waals surface area contributed by atoms with Gasteiger partial charge < -0.3 is 4.74 Å². The van der Waals surface area contributed by atoms with Crippen molar-refractivity contribution in [2.24, 2.45) is 0 Å². The number of hydrogen-bond donors (Lipinski definition) is 0. The Bertz CT molecular complexity index is 631. The first-order valence-electron chi connectivity index (χ1n) is 7.12. The minimum absolute atomic E-state index is 0.175. The van der Waals surface area contributed by atoms with Crippen molar-refractivity contribution >= 4 is 5.78 Å². The van der Waals surface area contributed by atoms with E-state index in [0.29, 0.717) is 30.3 Å². The first-order valence-corrected chi connectivity index (χ1v) is 7.12. The van der Waals surface area contributed by atoms with E-state index in [1.165, 1.54) is 11.1 Å². The molecule has 2 nitrogen and oxygen atoms in total. The van der Waals surface area contributed by atoms with E-state index in [4.69, 9.17) is 4.74 Å². The van der Waals surface area contributed by atoms with Gasteiger partial charge in [-0.2, -0.15) is 0 Å². The van der Waals surface area contributed by atoms with E-state index in [1.807, 2.05) is 37.3 Å². The smallest absolute Gasteiger partial charge is 0.167 e. The van der Waals surface area contributed by atoms with Crippen LogP contribution in [0.3, 0.4) is 0 Å². The van der Waals surface area contributed by atoms with Crippen LogP contribution in [0.4, 0.5) is 0 Å². The first kappa shape index (κ1) is 12.9. The van der Waals surface area contributed by atoms with Crippen molar-refractivity contribution in [1.29, 1.82) is 0 Å². The minimum atomic E-state index is 0.175. The summed E-state index contributed by atoms with van der Waals surface area (Å²) in [7, 11) is 0. The fourth-order valence-corrected chi connectivity index (χ4v) is 2.86. The summed E-state index contributed by atoms with van der Waals surface area (Å²) in [6.07, 6.45) is 1.58. The normalized spacial score (nSPS) is 16.1. The molecule has 1 aliphatic rings. The molecule has 2 aromatic rings. The van der Waals surface area contributed by atoms with Gasteiger partial charge in [0.15, 0.2) is 5.78 Å². The van der Waals surface area contributed by atoms with Gasteiger partial charge in [-0.15, -0.1) is 0 Å². The molecule has 0 N–H and O–H groups in total. The van der Waals surface area contributed by atoms with Gasteiger partial charge in [-0.3, -0.25) is 4.79 Å². The van der Waals surface area contributed by atoms with E-state index in [9.17, 15) is 4.79 Å². The van der Waals surface area contributed by atoms with Crippen LogP contribution in [0.15, 0.2) is 48.5 Å². The lowest BCUT2D eigenvalue weighted by atomic mass is 9.74. The van der Waals surface area contributed by atoms with E-state index in [1.54, 1.807) is 0 Å². The third kappa shape index (κ3) is 2.34. The monoisotopic (exact) mass is 266 g/mol. The number of rotatable bonds is 5. The average molecular weight is 266 g/mol. The van der Waals surface area contributed by atoms with Crippen molar-refractivity contribution < 1.29 is 9.53 Å². The standard InChI is InChI=1S/C18H18O2/c1-2-20-18-10-6-5-9-16(18)17(19)12-14-11-13-7-3-4-8-15(13)14/h3-10,14H,2,11-12H2,1H3. The highest BCUT2D eigenvalue weighted by Gasteiger charge is 2.28. The third-order valence-electron chi connectivity index (χ3n) is 3.88. The summed E-state index contributed by atoms with van der Waals surface area (Å²) in [5.74, 6) is 1.24. The van der Waals surface area contributed by atoms with E-state index in [2.05, 4.69) is 18.2 Å². The van der Waals surface area contributed by atoms with Crippen LogP contribution in [0.2, 0.25) is 0 Å². The molecule has 0 saturated carbocycles. The highest BCUT2D eigenvalue weighted by molar-refractivity contribution is 5.99. The van der Waals surface area contributed by atoms with Gasteiger partial charge in [-0.1, -0.05) is 36.4 Å². The van der Waals surface area contributed by atoms with Crippen LogP contribution < -0.4 is 4.74 Å². The number of ether oxygens (including phenoxy) is 1. The third-order valence-corrected chi connectivity index (χ3v) is 3.88. The van der Waals surface area contributed by atoms with Crippen molar-refractivity contribution in [2.45, 2.75) is 25.7 Å². The number of para-hydroxylation sites is 1. The number of fused-ring (bicyclic) bond motifs is 1. The van der Waals surface area contributed by atoms with Crippen molar-refractivity contribution in [3.05, 3.63) is 65.2 Å². The van der Waals surface area contributed by atoms with Gasteiger partial charge in [0.25, 0.3) is 0 Å². The van der Waals surface area contributed by atoms with E-state index < -0.39 is 0 Å². The van der Waals surface area contributed by atoms with E-state index >= 15 is 0 Å². The predicted molar refractivity (Wildman–Crippen MR) is 79.4 cm³/mol.